The largest absolute Gasteiger partial charge is 0.338 e. The molecule has 0 saturated carbocycles. The van der Waals surface area contributed by atoms with Gasteiger partial charge in [-0.15, -0.1) is 0 Å². The highest BCUT2D eigenvalue weighted by atomic mass is 16.5. The summed E-state index contributed by atoms with van der Waals surface area (Å²) in [4.78, 5) is 14.5. The van der Waals surface area contributed by atoms with Gasteiger partial charge in [0.05, 0.1) is 12.2 Å². The lowest BCUT2D eigenvalue weighted by molar-refractivity contribution is -0.117. The quantitative estimate of drug-likeness (QED) is 0.940. The number of carbonyl (C=O) groups excluding carboxylic acids is 1. The van der Waals surface area contributed by atoms with Crippen molar-refractivity contribution in [2.75, 3.05) is 18.4 Å². The molecule has 1 aliphatic heterocycles. The van der Waals surface area contributed by atoms with E-state index in [0.29, 0.717) is 18.5 Å². The molecule has 23 heavy (non-hydrogen) atoms. The third-order valence-electron chi connectivity index (χ3n) is 4.52. The van der Waals surface area contributed by atoms with E-state index in [1.54, 1.807) is 6.07 Å². The first kappa shape index (κ1) is 15.7. The average Bonchev–Trinajstić information content (AvgIpc) is 3.11. The van der Waals surface area contributed by atoms with Crippen LogP contribution in [0.3, 0.4) is 0 Å². The second-order valence-electron chi connectivity index (χ2n) is 6.35. The summed E-state index contributed by atoms with van der Waals surface area (Å²) in [5.41, 5.74) is 4.66. The van der Waals surface area contributed by atoms with E-state index in [9.17, 15) is 4.79 Å². The van der Waals surface area contributed by atoms with Crippen molar-refractivity contribution in [2.45, 2.75) is 39.7 Å². The first-order chi connectivity index (χ1) is 11.0. The van der Waals surface area contributed by atoms with Crippen LogP contribution < -0.4 is 5.32 Å². The normalized spacial score (nSPS) is 18.3. The summed E-state index contributed by atoms with van der Waals surface area (Å²) in [6.45, 7) is 7.41. The molecule has 2 heterocycles. The number of likely N-dealkylation sites (tertiary alicyclic amines) is 1. The molecule has 3 rings (SSSR count). The van der Waals surface area contributed by atoms with E-state index in [1.165, 1.54) is 16.7 Å². The fraction of sp³-hybridized carbons (Fsp3) is 0.444. The second-order valence-corrected chi connectivity index (χ2v) is 6.35. The lowest BCUT2D eigenvalue weighted by atomic mass is 9.99. The maximum absolute atomic E-state index is 12.2. The Balaban J connectivity index is 1.66. The van der Waals surface area contributed by atoms with Gasteiger partial charge in [0, 0.05) is 12.1 Å². The van der Waals surface area contributed by atoms with Crippen LogP contribution in [0.1, 0.15) is 41.3 Å². The van der Waals surface area contributed by atoms with Gasteiger partial charge in [0.2, 0.25) is 11.8 Å². The SMILES string of the molecule is Cc1cc(NC(=O)CN2CCCC2c2ccc(C)c(C)c2)on1. The van der Waals surface area contributed by atoms with E-state index < -0.39 is 0 Å². The van der Waals surface area contributed by atoms with E-state index in [0.717, 1.165) is 25.1 Å². The molecule has 0 bridgehead atoms. The van der Waals surface area contributed by atoms with Crippen LogP contribution in [0, 0.1) is 20.8 Å². The summed E-state index contributed by atoms with van der Waals surface area (Å²) in [6.07, 6.45) is 2.21. The van der Waals surface area contributed by atoms with Crippen LogP contribution >= 0.6 is 0 Å². The average molecular weight is 313 g/mol. The van der Waals surface area contributed by atoms with Crippen molar-refractivity contribution < 1.29 is 9.32 Å². The minimum atomic E-state index is -0.0584. The lowest BCUT2D eigenvalue weighted by Gasteiger charge is -2.24. The van der Waals surface area contributed by atoms with Gasteiger partial charge in [-0.2, -0.15) is 0 Å². The Morgan fingerprint density at radius 1 is 1.30 bits per heavy atom. The Morgan fingerprint density at radius 3 is 2.83 bits per heavy atom. The highest BCUT2D eigenvalue weighted by molar-refractivity contribution is 5.91. The first-order valence-electron chi connectivity index (χ1n) is 8.07. The Morgan fingerprint density at radius 2 is 2.13 bits per heavy atom. The fourth-order valence-electron chi connectivity index (χ4n) is 3.15. The Bertz CT molecular complexity index is 708. The lowest BCUT2D eigenvalue weighted by Crippen LogP contribution is -2.32. The predicted octanol–water partition coefficient (Wildman–Crippen LogP) is 3.38. The Kier molecular flexibility index (Phi) is 4.48. The molecule has 1 aromatic heterocycles. The molecule has 1 unspecified atom stereocenters. The molecular weight excluding hydrogens is 290 g/mol. The van der Waals surface area contributed by atoms with Crippen molar-refractivity contribution in [2.24, 2.45) is 0 Å². The zero-order chi connectivity index (χ0) is 16.4. The van der Waals surface area contributed by atoms with E-state index in [1.807, 2.05) is 6.92 Å². The molecule has 1 atom stereocenters. The van der Waals surface area contributed by atoms with Gasteiger partial charge in [-0.1, -0.05) is 23.4 Å². The fourth-order valence-corrected chi connectivity index (χ4v) is 3.15. The number of amides is 1. The van der Waals surface area contributed by atoms with E-state index in [2.05, 4.69) is 47.4 Å². The molecule has 0 spiro atoms. The summed E-state index contributed by atoms with van der Waals surface area (Å²) in [7, 11) is 0. The van der Waals surface area contributed by atoms with Crippen LogP contribution in [-0.4, -0.2) is 29.1 Å². The molecule has 1 N–H and O–H groups in total. The van der Waals surface area contributed by atoms with Gasteiger partial charge in [-0.25, -0.2) is 0 Å². The topological polar surface area (TPSA) is 58.4 Å². The number of aromatic nitrogens is 1. The number of benzene rings is 1. The number of rotatable bonds is 4. The first-order valence-corrected chi connectivity index (χ1v) is 8.07. The van der Waals surface area contributed by atoms with Gasteiger partial charge in [0.25, 0.3) is 0 Å². The third-order valence-corrected chi connectivity index (χ3v) is 4.52. The van der Waals surface area contributed by atoms with Crippen LogP contribution in [0.4, 0.5) is 5.88 Å². The summed E-state index contributed by atoms with van der Waals surface area (Å²) >= 11 is 0. The molecule has 1 saturated heterocycles. The van der Waals surface area contributed by atoms with Gasteiger partial charge >= 0.3 is 0 Å². The summed E-state index contributed by atoms with van der Waals surface area (Å²) in [5, 5.41) is 6.55. The number of aryl methyl sites for hydroxylation is 3. The number of nitrogens with zero attached hydrogens (tertiary/aromatic N) is 2. The van der Waals surface area contributed by atoms with Crippen molar-refractivity contribution in [3.63, 3.8) is 0 Å². The summed E-state index contributed by atoms with van der Waals surface area (Å²) in [6, 6.07) is 8.64. The van der Waals surface area contributed by atoms with Crippen molar-refractivity contribution in [1.29, 1.82) is 0 Å². The molecule has 122 valence electrons. The maximum atomic E-state index is 12.2. The highest BCUT2D eigenvalue weighted by Gasteiger charge is 2.27. The molecule has 1 aromatic carbocycles. The number of hydrogen-bond acceptors (Lipinski definition) is 4. The van der Waals surface area contributed by atoms with Crippen molar-refractivity contribution >= 4 is 11.8 Å². The van der Waals surface area contributed by atoms with E-state index >= 15 is 0 Å². The minimum absolute atomic E-state index is 0.0584. The number of anilines is 1. The molecule has 1 fully saturated rings. The predicted molar refractivity (Wildman–Crippen MR) is 89.3 cm³/mol. The second kappa shape index (κ2) is 6.54. The van der Waals surface area contributed by atoms with Crippen molar-refractivity contribution in [1.82, 2.24) is 10.1 Å². The Labute approximate surface area is 136 Å². The van der Waals surface area contributed by atoms with Crippen molar-refractivity contribution in [3.05, 3.63) is 46.6 Å². The number of nitrogens with one attached hydrogen (secondary N) is 1. The molecular formula is C18H23N3O2. The van der Waals surface area contributed by atoms with E-state index in [-0.39, 0.29) is 5.91 Å². The van der Waals surface area contributed by atoms with Gasteiger partial charge in [-0.3, -0.25) is 15.0 Å². The highest BCUT2D eigenvalue weighted by Crippen LogP contribution is 2.32. The maximum Gasteiger partial charge on any atom is 0.240 e. The summed E-state index contributed by atoms with van der Waals surface area (Å²) < 4.78 is 5.04. The smallest absolute Gasteiger partial charge is 0.240 e. The molecule has 0 aliphatic carbocycles. The van der Waals surface area contributed by atoms with Gasteiger partial charge in [0.1, 0.15) is 0 Å². The zero-order valence-corrected chi connectivity index (χ0v) is 13.9. The Hall–Kier alpha value is -2.14. The molecule has 5 nitrogen and oxygen atoms in total. The standard InChI is InChI=1S/C18H23N3O2/c1-12-6-7-15(9-13(12)2)16-5-4-8-21(16)11-17(22)19-18-10-14(3)20-23-18/h6-7,9-10,16H,4-5,8,11H2,1-3H3,(H,19,22). The minimum Gasteiger partial charge on any atom is -0.338 e. The van der Waals surface area contributed by atoms with Crippen LogP contribution in [-0.2, 0) is 4.79 Å². The molecule has 0 radical (unpaired) electrons. The molecule has 1 aliphatic rings. The summed E-state index contributed by atoms with van der Waals surface area (Å²) in [5.74, 6) is 0.353. The third kappa shape index (κ3) is 3.62. The number of carbonyl (C=O) groups is 1. The zero-order valence-electron chi connectivity index (χ0n) is 13.9. The molecule has 5 heteroatoms. The molecule has 1 amide bonds. The molecule has 2 aromatic rings. The number of hydrogen-bond donors (Lipinski definition) is 1. The van der Waals surface area contributed by atoms with Crippen LogP contribution in [0.2, 0.25) is 0 Å². The van der Waals surface area contributed by atoms with Crippen LogP contribution in [0.5, 0.6) is 0 Å². The van der Waals surface area contributed by atoms with E-state index in [4.69, 9.17) is 4.52 Å². The van der Waals surface area contributed by atoms with Gasteiger partial charge in [0.15, 0.2) is 0 Å². The van der Waals surface area contributed by atoms with Gasteiger partial charge in [-0.05, 0) is 56.8 Å². The van der Waals surface area contributed by atoms with Crippen molar-refractivity contribution in [3.8, 4) is 0 Å². The monoisotopic (exact) mass is 313 g/mol. The van der Waals surface area contributed by atoms with Crippen LogP contribution in [0.25, 0.3) is 0 Å². The van der Waals surface area contributed by atoms with Crippen LogP contribution in [0.15, 0.2) is 28.8 Å². The van der Waals surface area contributed by atoms with Gasteiger partial charge < -0.3 is 4.52 Å².